The van der Waals surface area contributed by atoms with E-state index < -0.39 is 0 Å². The van der Waals surface area contributed by atoms with E-state index in [4.69, 9.17) is 11.6 Å². The van der Waals surface area contributed by atoms with Gasteiger partial charge in [0, 0.05) is 30.5 Å². The number of carbonyl (C=O) groups is 1. The van der Waals surface area contributed by atoms with Crippen LogP contribution < -0.4 is 0 Å². The van der Waals surface area contributed by atoms with E-state index in [2.05, 4.69) is 4.90 Å². The SMILES string of the molecule is Cc1cc(Cl)c(CN(C)C2CCC(=O)CC2)cc1F. The number of carbonyl (C=O) groups excluding carboxylic acids is 1. The van der Waals surface area contributed by atoms with Gasteiger partial charge in [0.1, 0.15) is 11.6 Å². The van der Waals surface area contributed by atoms with Crippen molar-refractivity contribution in [2.75, 3.05) is 7.05 Å². The molecule has 0 radical (unpaired) electrons. The van der Waals surface area contributed by atoms with Gasteiger partial charge in [-0.3, -0.25) is 9.69 Å². The van der Waals surface area contributed by atoms with Gasteiger partial charge in [0.05, 0.1) is 0 Å². The maximum atomic E-state index is 13.6. The van der Waals surface area contributed by atoms with Crippen molar-refractivity contribution >= 4 is 17.4 Å². The van der Waals surface area contributed by atoms with E-state index in [9.17, 15) is 9.18 Å². The Hall–Kier alpha value is -0.930. The molecule has 4 heteroatoms. The number of hydrogen-bond donors (Lipinski definition) is 0. The van der Waals surface area contributed by atoms with Crippen LogP contribution in [-0.2, 0) is 11.3 Å². The molecule has 19 heavy (non-hydrogen) atoms. The summed E-state index contributed by atoms with van der Waals surface area (Å²) in [6, 6.07) is 3.57. The fraction of sp³-hybridized carbons (Fsp3) is 0.533. The molecule has 0 saturated heterocycles. The molecule has 0 aromatic heterocycles. The van der Waals surface area contributed by atoms with Crippen LogP contribution in [0, 0.1) is 12.7 Å². The van der Waals surface area contributed by atoms with Crippen molar-refractivity contribution in [1.82, 2.24) is 4.90 Å². The van der Waals surface area contributed by atoms with Gasteiger partial charge in [-0.25, -0.2) is 4.39 Å². The zero-order chi connectivity index (χ0) is 14.0. The Morgan fingerprint density at radius 3 is 2.63 bits per heavy atom. The molecule has 1 fully saturated rings. The molecule has 0 spiro atoms. The lowest BCUT2D eigenvalue weighted by Gasteiger charge is -2.31. The highest BCUT2D eigenvalue weighted by Gasteiger charge is 2.22. The zero-order valence-corrected chi connectivity index (χ0v) is 12.1. The Bertz CT molecular complexity index is 479. The summed E-state index contributed by atoms with van der Waals surface area (Å²) >= 11 is 6.16. The Labute approximate surface area is 118 Å². The third-order valence-corrected chi connectivity index (χ3v) is 4.24. The average molecular weight is 284 g/mol. The predicted molar refractivity (Wildman–Crippen MR) is 74.9 cm³/mol. The van der Waals surface area contributed by atoms with Crippen molar-refractivity contribution in [3.8, 4) is 0 Å². The minimum absolute atomic E-state index is 0.216. The number of hydrogen-bond acceptors (Lipinski definition) is 2. The minimum atomic E-state index is -0.216. The van der Waals surface area contributed by atoms with Gasteiger partial charge in [-0.2, -0.15) is 0 Å². The van der Waals surface area contributed by atoms with Gasteiger partial charge in [0.15, 0.2) is 0 Å². The van der Waals surface area contributed by atoms with Gasteiger partial charge in [0.25, 0.3) is 0 Å². The largest absolute Gasteiger partial charge is 0.300 e. The molecule has 0 bridgehead atoms. The molecule has 1 aromatic rings. The summed E-state index contributed by atoms with van der Waals surface area (Å²) in [4.78, 5) is 13.4. The second kappa shape index (κ2) is 6.02. The standard InChI is InChI=1S/C15H19ClFNO/c1-10-7-14(16)11(8-15(10)17)9-18(2)12-3-5-13(19)6-4-12/h7-8,12H,3-6,9H2,1-2H3. The lowest BCUT2D eigenvalue weighted by atomic mass is 9.93. The molecule has 0 heterocycles. The lowest BCUT2D eigenvalue weighted by Crippen LogP contribution is -2.34. The van der Waals surface area contributed by atoms with Crippen molar-refractivity contribution in [1.29, 1.82) is 0 Å². The van der Waals surface area contributed by atoms with Gasteiger partial charge in [-0.1, -0.05) is 11.6 Å². The molecule has 1 aliphatic carbocycles. The van der Waals surface area contributed by atoms with Crippen molar-refractivity contribution in [3.05, 3.63) is 34.1 Å². The molecule has 2 nitrogen and oxygen atoms in total. The fourth-order valence-electron chi connectivity index (χ4n) is 2.57. The molecule has 0 aliphatic heterocycles. The summed E-state index contributed by atoms with van der Waals surface area (Å²) < 4.78 is 13.6. The summed E-state index contributed by atoms with van der Waals surface area (Å²) in [5, 5.41) is 0.609. The maximum Gasteiger partial charge on any atom is 0.133 e. The molecule has 1 aliphatic rings. The predicted octanol–water partition coefficient (Wildman–Crippen LogP) is 3.73. The number of ketones is 1. The first-order valence-electron chi connectivity index (χ1n) is 6.64. The molecule has 2 rings (SSSR count). The van der Waals surface area contributed by atoms with Crippen molar-refractivity contribution < 1.29 is 9.18 Å². The van der Waals surface area contributed by atoms with E-state index in [0.717, 1.165) is 18.4 Å². The van der Waals surface area contributed by atoms with Crippen LogP contribution in [-0.4, -0.2) is 23.8 Å². The summed E-state index contributed by atoms with van der Waals surface area (Å²) in [6.07, 6.45) is 3.10. The van der Waals surface area contributed by atoms with Crippen LogP contribution in [0.3, 0.4) is 0 Å². The van der Waals surface area contributed by atoms with Crippen molar-refractivity contribution in [3.63, 3.8) is 0 Å². The summed E-state index contributed by atoms with van der Waals surface area (Å²) in [6.45, 7) is 2.33. The van der Waals surface area contributed by atoms with Crippen LogP contribution in [0.1, 0.15) is 36.8 Å². The third-order valence-electron chi connectivity index (χ3n) is 3.88. The van der Waals surface area contributed by atoms with E-state index in [1.807, 2.05) is 7.05 Å². The first-order chi connectivity index (χ1) is 8.97. The summed E-state index contributed by atoms with van der Waals surface area (Å²) in [5.41, 5.74) is 1.38. The number of benzene rings is 1. The van der Waals surface area contributed by atoms with Crippen molar-refractivity contribution in [2.45, 2.75) is 45.2 Å². The molecule has 1 saturated carbocycles. The van der Waals surface area contributed by atoms with Gasteiger partial charge in [-0.05, 0) is 50.1 Å². The highest BCUT2D eigenvalue weighted by Crippen LogP contribution is 2.25. The molecule has 1 aromatic carbocycles. The molecule has 0 amide bonds. The molecular formula is C15H19ClFNO. The minimum Gasteiger partial charge on any atom is -0.300 e. The maximum absolute atomic E-state index is 13.6. The second-order valence-electron chi connectivity index (χ2n) is 5.38. The Balaban J connectivity index is 2.04. The van der Waals surface area contributed by atoms with E-state index in [0.29, 0.717) is 41.8 Å². The van der Waals surface area contributed by atoms with E-state index in [1.54, 1.807) is 13.0 Å². The van der Waals surface area contributed by atoms with E-state index >= 15 is 0 Å². The highest BCUT2D eigenvalue weighted by molar-refractivity contribution is 6.31. The van der Waals surface area contributed by atoms with Crippen LogP contribution in [0.25, 0.3) is 0 Å². The van der Waals surface area contributed by atoms with Gasteiger partial charge < -0.3 is 0 Å². The van der Waals surface area contributed by atoms with Crippen LogP contribution in [0.2, 0.25) is 5.02 Å². The molecule has 0 unspecified atom stereocenters. The first kappa shape index (κ1) is 14.5. The summed E-state index contributed by atoms with van der Waals surface area (Å²) in [5.74, 6) is 0.135. The summed E-state index contributed by atoms with van der Waals surface area (Å²) in [7, 11) is 2.01. The normalized spacial score (nSPS) is 17.2. The lowest BCUT2D eigenvalue weighted by molar-refractivity contribution is -0.121. The van der Waals surface area contributed by atoms with Gasteiger partial charge in [-0.15, -0.1) is 0 Å². The molecule has 104 valence electrons. The third kappa shape index (κ3) is 3.54. The van der Waals surface area contributed by atoms with Crippen LogP contribution in [0.5, 0.6) is 0 Å². The quantitative estimate of drug-likeness (QED) is 0.842. The van der Waals surface area contributed by atoms with Crippen molar-refractivity contribution in [2.24, 2.45) is 0 Å². The molecule has 0 atom stereocenters. The average Bonchev–Trinajstić information content (AvgIpc) is 2.36. The monoisotopic (exact) mass is 283 g/mol. The number of aryl methyl sites for hydroxylation is 1. The highest BCUT2D eigenvalue weighted by atomic mass is 35.5. The Kier molecular flexibility index (Phi) is 4.58. The molecular weight excluding hydrogens is 265 g/mol. The van der Waals surface area contributed by atoms with Gasteiger partial charge in [0.2, 0.25) is 0 Å². The number of halogens is 2. The van der Waals surface area contributed by atoms with E-state index in [-0.39, 0.29) is 5.82 Å². The number of Topliss-reactive ketones (excluding diaryl/α,β-unsaturated/α-hetero) is 1. The topological polar surface area (TPSA) is 20.3 Å². The van der Waals surface area contributed by atoms with Crippen LogP contribution >= 0.6 is 11.6 Å². The number of nitrogens with zero attached hydrogens (tertiary/aromatic N) is 1. The van der Waals surface area contributed by atoms with E-state index in [1.165, 1.54) is 6.07 Å². The number of rotatable bonds is 3. The Morgan fingerprint density at radius 2 is 2.00 bits per heavy atom. The Morgan fingerprint density at radius 1 is 1.37 bits per heavy atom. The zero-order valence-electron chi connectivity index (χ0n) is 11.4. The smallest absolute Gasteiger partial charge is 0.133 e. The second-order valence-corrected chi connectivity index (χ2v) is 5.78. The first-order valence-corrected chi connectivity index (χ1v) is 7.01. The van der Waals surface area contributed by atoms with Crippen LogP contribution in [0.15, 0.2) is 12.1 Å². The molecule has 0 N–H and O–H groups in total. The van der Waals surface area contributed by atoms with Crippen LogP contribution in [0.4, 0.5) is 4.39 Å². The fourth-order valence-corrected chi connectivity index (χ4v) is 2.85. The van der Waals surface area contributed by atoms with Gasteiger partial charge >= 0.3 is 0 Å².